The van der Waals surface area contributed by atoms with Gasteiger partial charge in [0.05, 0.1) is 10.2 Å². The minimum absolute atomic E-state index is 0.880. The molecule has 0 saturated heterocycles. The number of halogens is 1. The van der Waals surface area contributed by atoms with Gasteiger partial charge in [0.1, 0.15) is 11.6 Å². The maximum absolute atomic E-state index is 4.46. The second kappa shape index (κ2) is 7.06. The van der Waals surface area contributed by atoms with E-state index in [0.29, 0.717) is 0 Å². The topological polar surface area (TPSA) is 37.8 Å². The third kappa shape index (κ3) is 4.38. The number of rotatable bonds is 6. The van der Waals surface area contributed by atoms with E-state index in [1.165, 1.54) is 0 Å². The summed E-state index contributed by atoms with van der Waals surface area (Å²) in [6, 6.07) is 0. The van der Waals surface area contributed by atoms with Crippen molar-refractivity contribution in [1.82, 2.24) is 9.97 Å². The Bertz CT molecular complexity index is 307. The van der Waals surface area contributed by atoms with Crippen LogP contribution >= 0.6 is 27.7 Å². The zero-order chi connectivity index (χ0) is 11.1. The summed E-state index contributed by atoms with van der Waals surface area (Å²) in [5.74, 6) is 3.77. The van der Waals surface area contributed by atoms with Gasteiger partial charge in [-0.2, -0.15) is 11.8 Å². The summed E-state index contributed by atoms with van der Waals surface area (Å²) < 4.78 is 0.932. The summed E-state index contributed by atoms with van der Waals surface area (Å²) in [4.78, 5) is 8.72. The fourth-order valence-corrected chi connectivity index (χ4v) is 1.89. The quantitative estimate of drug-likeness (QED) is 0.872. The van der Waals surface area contributed by atoms with Gasteiger partial charge < -0.3 is 5.32 Å². The number of aromatic nitrogens is 2. The second-order valence-corrected chi connectivity index (χ2v) is 5.18. The molecule has 1 aromatic heterocycles. The van der Waals surface area contributed by atoms with Gasteiger partial charge in [-0.1, -0.05) is 13.8 Å². The van der Waals surface area contributed by atoms with Crippen LogP contribution in [0.15, 0.2) is 10.7 Å². The van der Waals surface area contributed by atoms with Crippen LogP contribution in [0.1, 0.15) is 26.1 Å². The Labute approximate surface area is 104 Å². The van der Waals surface area contributed by atoms with Gasteiger partial charge in [-0.3, -0.25) is 0 Å². The van der Waals surface area contributed by atoms with Crippen LogP contribution in [0.4, 0.5) is 5.82 Å². The van der Waals surface area contributed by atoms with Crippen LogP contribution in [0, 0.1) is 0 Å². The standard InChI is InChI=1S/C10H16BrN3S/c1-3-5-12-10-8(11)6-13-9(14-10)7-15-4-2/h6H,3-5,7H2,1-2H3,(H,12,13,14). The molecule has 0 amide bonds. The average molecular weight is 290 g/mol. The highest BCUT2D eigenvalue weighted by Crippen LogP contribution is 2.19. The molecule has 0 spiro atoms. The van der Waals surface area contributed by atoms with Crippen molar-refractivity contribution >= 4 is 33.5 Å². The molecule has 0 fully saturated rings. The van der Waals surface area contributed by atoms with Gasteiger partial charge in [-0.25, -0.2) is 9.97 Å². The Hall–Kier alpha value is -0.290. The molecule has 5 heteroatoms. The first-order valence-corrected chi connectivity index (χ1v) is 7.05. The normalized spacial score (nSPS) is 10.3. The number of anilines is 1. The van der Waals surface area contributed by atoms with Crippen molar-refractivity contribution in [3.05, 3.63) is 16.5 Å². The Balaban J connectivity index is 2.66. The number of thioether (sulfide) groups is 1. The first-order chi connectivity index (χ1) is 7.27. The van der Waals surface area contributed by atoms with Crippen LogP contribution in [0.25, 0.3) is 0 Å². The van der Waals surface area contributed by atoms with Gasteiger partial charge in [0.2, 0.25) is 0 Å². The van der Waals surface area contributed by atoms with E-state index in [1.807, 2.05) is 18.0 Å². The second-order valence-electron chi connectivity index (χ2n) is 3.05. The maximum Gasteiger partial charge on any atom is 0.144 e. The lowest BCUT2D eigenvalue weighted by Gasteiger charge is -2.07. The molecule has 3 nitrogen and oxygen atoms in total. The van der Waals surface area contributed by atoms with Gasteiger partial charge in [-0.05, 0) is 28.1 Å². The monoisotopic (exact) mass is 289 g/mol. The van der Waals surface area contributed by atoms with E-state index in [-0.39, 0.29) is 0 Å². The van der Waals surface area contributed by atoms with Crippen molar-refractivity contribution in [1.29, 1.82) is 0 Å². The highest BCUT2D eigenvalue weighted by atomic mass is 79.9. The Morgan fingerprint density at radius 2 is 2.27 bits per heavy atom. The molecule has 0 aliphatic rings. The fourth-order valence-electron chi connectivity index (χ4n) is 1.03. The van der Waals surface area contributed by atoms with Crippen molar-refractivity contribution < 1.29 is 0 Å². The van der Waals surface area contributed by atoms with E-state index in [0.717, 1.165) is 40.6 Å². The number of nitrogens with zero attached hydrogens (tertiary/aromatic N) is 2. The molecule has 0 radical (unpaired) electrons. The van der Waals surface area contributed by atoms with E-state index < -0.39 is 0 Å². The molecule has 1 aromatic rings. The SMILES string of the molecule is CCCNc1nc(CSCC)ncc1Br. The van der Waals surface area contributed by atoms with Crippen LogP contribution in [-0.4, -0.2) is 22.3 Å². The molecular weight excluding hydrogens is 274 g/mol. The van der Waals surface area contributed by atoms with Crippen molar-refractivity contribution in [3.63, 3.8) is 0 Å². The lowest BCUT2D eigenvalue weighted by atomic mass is 10.4. The first kappa shape index (κ1) is 12.8. The van der Waals surface area contributed by atoms with Gasteiger partial charge in [0.25, 0.3) is 0 Å². The lowest BCUT2D eigenvalue weighted by molar-refractivity contribution is 0.946. The van der Waals surface area contributed by atoms with E-state index in [1.54, 1.807) is 0 Å². The summed E-state index contributed by atoms with van der Waals surface area (Å²) in [5, 5.41) is 3.27. The smallest absolute Gasteiger partial charge is 0.144 e. The zero-order valence-electron chi connectivity index (χ0n) is 9.09. The molecule has 0 bridgehead atoms. The molecule has 0 aliphatic carbocycles. The predicted molar refractivity (Wildman–Crippen MR) is 70.3 cm³/mol. The molecule has 0 saturated carbocycles. The third-order valence-electron chi connectivity index (χ3n) is 1.77. The molecule has 0 aliphatic heterocycles. The van der Waals surface area contributed by atoms with Gasteiger partial charge in [-0.15, -0.1) is 0 Å². The Morgan fingerprint density at radius 3 is 2.93 bits per heavy atom. The first-order valence-electron chi connectivity index (χ1n) is 5.11. The summed E-state index contributed by atoms with van der Waals surface area (Å²) in [5.41, 5.74) is 0. The van der Waals surface area contributed by atoms with E-state index in [2.05, 4.69) is 45.1 Å². The molecule has 1 heterocycles. The molecule has 1 N–H and O–H groups in total. The molecule has 1 rings (SSSR count). The highest BCUT2D eigenvalue weighted by Gasteiger charge is 2.03. The van der Waals surface area contributed by atoms with Crippen LogP contribution in [0.5, 0.6) is 0 Å². The zero-order valence-corrected chi connectivity index (χ0v) is 11.5. The number of hydrogen-bond acceptors (Lipinski definition) is 4. The number of hydrogen-bond donors (Lipinski definition) is 1. The summed E-state index contributed by atoms with van der Waals surface area (Å²) in [6.07, 6.45) is 2.91. The molecule has 0 unspecified atom stereocenters. The lowest BCUT2D eigenvalue weighted by Crippen LogP contribution is -2.05. The van der Waals surface area contributed by atoms with Crippen molar-refractivity contribution in [3.8, 4) is 0 Å². The molecule has 84 valence electrons. The van der Waals surface area contributed by atoms with Crippen molar-refractivity contribution in [2.45, 2.75) is 26.0 Å². The summed E-state index contributed by atoms with van der Waals surface area (Å²) in [7, 11) is 0. The summed E-state index contributed by atoms with van der Waals surface area (Å²) >= 11 is 5.27. The maximum atomic E-state index is 4.46. The van der Waals surface area contributed by atoms with Crippen LogP contribution in [0.3, 0.4) is 0 Å². The van der Waals surface area contributed by atoms with Crippen LogP contribution in [0.2, 0.25) is 0 Å². The van der Waals surface area contributed by atoms with Gasteiger partial charge in [0, 0.05) is 12.7 Å². The van der Waals surface area contributed by atoms with Gasteiger partial charge >= 0.3 is 0 Å². The van der Waals surface area contributed by atoms with Crippen LogP contribution in [-0.2, 0) is 5.75 Å². The Kier molecular flexibility index (Phi) is 6.02. The minimum atomic E-state index is 0.880. The third-order valence-corrected chi connectivity index (χ3v) is 3.22. The molecule has 15 heavy (non-hydrogen) atoms. The summed E-state index contributed by atoms with van der Waals surface area (Å²) in [6.45, 7) is 5.21. The molecular formula is C10H16BrN3S. The van der Waals surface area contributed by atoms with E-state index in [4.69, 9.17) is 0 Å². The highest BCUT2D eigenvalue weighted by molar-refractivity contribution is 9.10. The molecule has 0 aromatic carbocycles. The predicted octanol–water partition coefficient (Wildman–Crippen LogP) is 3.31. The largest absolute Gasteiger partial charge is 0.369 e. The van der Waals surface area contributed by atoms with E-state index >= 15 is 0 Å². The number of nitrogens with one attached hydrogen (secondary N) is 1. The average Bonchev–Trinajstić information content (AvgIpc) is 2.26. The van der Waals surface area contributed by atoms with Gasteiger partial charge in [0.15, 0.2) is 0 Å². The fraction of sp³-hybridized carbons (Fsp3) is 0.600. The van der Waals surface area contributed by atoms with E-state index in [9.17, 15) is 0 Å². The van der Waals surface area contributed by atoms with Crippen molar-refractivity contribution in [2.75, 3.05) is 17.6 Å². The van der Waals surface area contributed by atoms with Crippen molar-refractivity contribution in [2.24, 2.45) is 0 Å². The van der Waals surface area contributed by atoms with Crippen LogP contribution < -0.4 is 5.32 Å². The molecule has 0 atom stereocenters. The minimum Gasteiger partial charge on any atom is -0.369 e. The Morgan fingerprint density at radius 1 is 1.47 bits per heavy atom.